The number of aliphatic imine (C=N–C) groups is 1. The van der Waals surface area contributed by atoms with Gasteiger partial charge in [-0.25, -0.2) is 9.79 Å². The summed E-state index contributed by atoms with van der Waals surface area (Å²) in [5.74, 6) is 0. The first-order valence-electron chi connectivity index (χ1n) is 6.99. The summed E-state index contributed by atoms with van der Waals surface area (Å²) in [5.41, 5.74) is 0. The first-order chi connectivity index (χ1) is 11.0. The van der Waals surface area contributed by atoms with Crippen LogP contribution in [0.2, 0.25) is 0 Å². The summed E-state index contributed by atoms with van der Waals surface area (Å²) in [5, 5.41) is 12.0. The van der Waals surface area contributed by atoms with Crippen LogP contribution in [0.4, 0.5) is 4.79 Å². The number of urea groups is 1. The van der Waals surface area contributed by atoms with E-state index in [1.807, 2.05) is 14.1 Å². The Hall–Kier alpha value is -1.53. The van der Waals surface area contributed by atoms with E-state index in [0.29, 0.717) is 0 Å². The van der Waals surface area contributed by atoms with E-state index in [0.717, 1.165) is 0 Å². The fourth-order valence-corrected chi connectivity index (χ4v) is 3.33. The number of fused-ring (bicyclic) bond motifs is 1. The Morgan fingerprint density at radius 3 is 2.87 bits per heavy atom. The van der Waals surface area contributed by atoms with E-state index < -0.39 is 48.1 Å². The Bertz CT molecular complexity index is 556. The van der Waals surface area contributed by atoms with Gasteiger partial charge < -0.3 is 20.1 Å². The van der Waals surface area contributed by atoms with Crippen molar-refractivity contribution in [3.63, 3.8) is 0 Å². The third kappa shape index (κ3) is 3.23. The SMILES string of the molecule is CN(C)/C=N\C1C=CN([C@@H]2O[C@H](CO)C3OS(=O)OC32)C(=O)N1. The van der Waals surface area contributed by atoms with Gasteiger partial charge in [0.25, 0.3) is 0 Å². The lowest BCUT2D eigenvalue weighted by atomic mass is 10.1. The van der Waals surface area contributed by atoms with Crippen LogP contribution in [0.3, 0.4) is 0 Å². The number of amides is 2. The van der Waals surface area contributed by atoms with Gasteiger partial charge in [-0.15, -0.1) is 0 Å². The number of aliphatic hydroxyl groups is 1. The lowest BCUT2D eigenvalue weighted by molar-refractivity contribution is -0.0664. The highest BCUT2D eigenvalue weighted by Crippen LogP contribution is 2.35. The maximum Gasteiger partial charge on any atom is 0.325 e. The molecule has 11 heteroatoms. The molecule has 0 radical (unpaired) electrons. The van der Waals surface area contributed by atoms with Crippen LogP contribution < -0.4 is 5.32 Å². The van der Waals surface area contributed by atoms with Crippen LogP contribution in [-0.2, 0) is 24.5 Å². The predicted octanol–water partition coefficient (Wildman–Crippen LogP) is -1.48. The summed E-state index contributed by atoms with van der Waals surface area (Å²) in [6.45, 7) is -0.326. The van der Waals surface area contributed by atoms with Crippen LogP contribution in [0.5, 0.6) is 0 Å². The summed E-state index contributed by atoms with van der Waals surface area (Å²) in [6, 6.07) is -0.433. The molecule has 3 aliphatic rings. The molecule has 2 saturated heterocycles. The van der Waals surface area contributed by atoms with Crippen molar-refractivity contribution in [2.45, 2.75) is 30.7 Å². The molecule has 2 amide bonds. The van der Waals surface area contributed by atoms with Crippen molar-refractivity contribution in [3.05, 3.63) is 12.3 Å². The van der Waals surface area contributed by atoms with Gasteiger partial charge in [-0.2, -0.15) is 4.21 Å². The number of carbonyl (C=O) groups excluding carboxylic acids is 1. The molecule has 0 aromatic carbocycles. The molecule has 3 heterocycles. The van der Waals surface area contributed by atoms with Gasteiger partial charge in [0.15, 0.2) is 12.3 Å². The molecule has 0 aliphatic carbocycles. The topological polar surface area (TPSA) is 113 Å². The summed E-state index contributed by atoms with van der Waals surface area (Å²) >= 11 is -1.91. The Labute approximate surface area is 135 Å². The van der Waals surface area contributed by atoms with Crippen molar-refractivity contribution in [1.29, 1.82) is 0 Å². The Balaban J connectivity index is 1.73. The molecular formula is C12H18N4O6S. The third-order valence-corrected chi connectivity index (χ3v) is 4.27. The Morgan fingerprint density at radius 2 is 2.22 bits per heavy atom. The number of rotatable bonds is 4. The van der Waals surface area contributed by atoms with E-state index in [1.54, 1.807) is 17.3 Å². The summed E-state index contributed by atoms with van der Waals surface area (Å²) < 4.78 is 27.2. The molecule has 0 aromatic heterocycles. The number of aliphatic hydroxyl groups excluding tert-OH is 1. The summed E-state index contributed by atoms with van der Waals surface area (Å²) in [4.78, 5) is 19.5. The quantitative estimate of drug-likeness (QED) is 0.471. The van der Waals surface area contributed by atoms with E-state index in [9.17, 15) is 14.1 Å². The first kappa shape index (κ1) is 16.3. The molecule has 3 aliphatic heterocycles. The minimum absolute atomic E-state index is 0.326. The summed E-state index contributed by atoms with van der Waals surface area (Å²) in [6.07, 6.45) is 1.36. The zero-order valence-electron chi connectivity index (χ0n) is 12.6. The van der Waals surface area contributed by atoms with Gasteiger partial charge in [0, 0.05) is 20.3 Å². The second kappa shape index (κ2) is 6.53. The number of carbonyl (C=O) groups is 1. The van der Waals surface area contributed by atoms with Crippen LogP contribution >= 0.6 is 0 Å². The number of hydrogen-bond acceptors (Lipinski definition) is 7. The predicted molar refractivity (Wildman–Crippen MR) is 79.1 cm³/mol. The van der Waals surface area contributed by atoms with Crippen molar-refractivity contribution in [3.8, 4) is 0 Å². The van der Waals surface area contributed by atoms with Crippen LogP contribution in [0, 0.1) is 0 Å². The number of hydrogen-bond donors (Lipinski definition) is 2. The highest BCUT2D eigenvalue weighted by molar-refractivity contribution is 7.75. The average molecular weight is 346 g/mol. The summed E-state index contributed by atoms with van der Waals surface area (Å²) in [7, 11) is 3.65. The minimum atomic E-state index is -1.91. The highest BCUT2D eigenvalue weighted by Gasteiger charge is 2.55. The van der Waals surface area contributed by atoms with Gasteiger partial charge in [0.05, 0.1) is 12.9 Å². The second-order valence-electron chi connectivity index (χ2n) is 5.44. The van der Waals surface area contributed by atoms with E-state index in [4.69, 9.17) is 13.1 Å². The highest BCUT2D eigenvalue weighted by atomic mass is 32.2. The average Bonchev–Trinajstić information content (AvgIpc) is 3.02. The largest absolute Gasteiger partial charge is 0.394 e. The Kier molecular flexibility index (Phi) is 4.64. The number of ether oxygens (including phenoxy) is 1. The fraction of sp³-hybridized carbons (Fsp3) is 0.667. The van der Waals surface area contributed by atoms with Crippen molar-refractivity contribution < 1.29 is 27.2 Å². The van der Waals surface area contributed by atoms with Gasteiger partial charge in [-0.05, 0) is 6.08 Å². The van der Waals surface area contributed by atoms with E-state index in [1.165, 1.54) is 11.1 Å². The van der Waals surface area contributed by atoms with Gasteiger partial charge >= 0.3 is 17.4 Å². The molecule has 10 nitrogen and oxygen atoms in total. The second-order valence-corrected chi connectivity index (χ2v) is 6.24. The van der Waals surface area contributed by atoms with Gasteiger partial charge in [0.1, 0.15) is 18.4 Å². The van der Waals surface area contributed by atoms with Crippen molar-refractivity contribution in [1.82, 2.24) is 15.1 Å². The van der Waals surface area contributed by atoms with Crippen LogP contribution in [-0.4, -0.2) is 82.9 Å². The van der Waals surface area contributed by atoms with E-state index >= 15 is 0 Å². The number of nitrogens with one attached hydrogen (secondary N) is 1. The molecule has 0 aromatic rings. The van der Waals surface area contributed by atoms with Gasteiger partial charge in [0.2, 0.25) is 0 Å². The molecule has 0 bridgehead atoms. The molecule has 6 atom stereocenters. The first-order valence-corrected chi connectivity index (χ1v) is 7.99. The lowest BCUT2D eigenvalue weighted by Gasteiger charge is -2.31. The zero-order valence-corrected chi connectivity index (χ0v) is 13.4. The molecular weight excluding hydrogens is 328 g/mol. The zero-order chi connectivity index (χ0) is 16.6. The molecule has 2 N–H and O–H groups in total. The van der Waals surface area contributed by atoms with Gasteiger partial charge in [-0.1, -0.05) is 0 Å². The van der Waals surface area contributed by atoms with E-state index in [2.05, 4.69) is 10.3 Å². The van der Waals surface area contributed by atoms with Crippen LogP contribution in [0.15, 0.2) is 17.3 Å². The molecule has 0 spiro atoms. The van der Waals surface area contributed by atoms with Crippen LogP contribution in [0.1, 0.15) is 0 Å². The standard InChI is InChI=1S/C12H18N4O6S/c1-15(2)6-13-8-3-4-16(12(18)14-8)11-10-9(7(5-17)20-11)21-23(19)22-10/h3-4,6-11,17H,5H2,1-2H3,(H,14,18)/b13-6-/t7-,8?,9?,10?,11-,23?/m1/s1. The van der Waals surface area contributed by atoms with Gasteiger partial charge in [-0.3, -0.25) is 13.3 Å². The molecule has 23 heavy (non-hydrogen) atoms. The lowest BCUT2D eigenvalue weighted by Crippen LogP contribution is -2.52. The molecule has 4 unspecified atom stereocenters. The minimum Gasteiger partial charge on any atom is -0.394 e. The van der Waals surface area contributed by atoms with E-state index in [-0.39, 0.29) is 6.61 Å². The molecule has 0 saturated carbocycles. The number of nitrogens with zero attached hydrogens (tertiary/aromatic N) is 3. The monoisotopic (exact) mass is 346 g/mol. The Morgan fingerprint density at radius 1 is 1.48 bits per heavy atom. The maximum atomic E-state index is 12.3. The van der Waals surface area contributed by atoms with Crippen molar-refractivity contribution in [2.24, 2.45) is 4.99 Å². The smallest absolute Gasteiger partial charge is 0.325 e. The molecule has 128 valence electrons. The fourth-order valence-electron chi connectivity index (χ4n) is 2.49. The van der Waals surface area contributed by atoms with Crippen LogP contribution in [0.25, 0.3) is 0 Å². The normalized spacial score (nSPS) is 39.8. The van der Waals surface area contributed by atoms with Crippen molar-refractivity contribution >= 4 is 23.7 Å². The molecule has 2 fully saturated rings. The van der Waals surface area contributed by atoms with Crippen molar-refractivity contribution in [2.75, 3.05) is 20.7 Å². The molecule has 3 rings (SSSR count). The maximum absolute atomic E-state index is 12.3. The third-order valence-electron chi connectivity index (χ3n) is 3.51.